The number of Topliss-reactive ketones (excluding diaryl/α,β-unsaturated/α-hetero) is 3. The van der Waals surface area contributed by atoms with Crippen molar-refractivity contribution in [1.29, 1.82) is 0 Å². The highest BCUT2D eigenvalue weighted by Crippen LogP contribution is 2.51. The lowest BCUT2D eigenvalue weighted by atomic mass is 9.55. The van der Waals surface area contributed by atoms with Gasteiger partial charge in [0.25, 0.3) is 0 Å². The highest BCUT2D eigenvalue weighted by atomic mass is 16.7. The zero-order valence-electron chi connectivity index (χ0n) is 22.8. The lowest BCUT2D eigenvalue weighted by Gasteiger charge is -2.48. The van der Waals surface area contributed by atoms with Gasteiger partial charge in [0.15, 0.2) is 40.4 Å². The predicted octanol–water partition coefficient (Wildman–Crippen LogP) is 2.86. The van der Waals surface area contributed by atoms with Crippen LogP contribution in [0.15, 0.2) is 72.5 Å². The largest absolute Gasteiger partial charge is 0.507 e. The number of fused-ring (bicyclic) bond motifs is 4. The first kappa shape index (κ1) is 26.9. The van der Waals surface area contributed by atoms with Crippen molar-refractivity contribution in [3.05, 3.63) is 89.2 Å². The minimum atomic E-state index is -2.64. The van der Waals surface area contributed by atoms with Gasteiger partial charge in [-0.3, -0.25) is 19.2 Å². The minimum Gasteiger partial charge on any atom is -0.507 e. The number of hydrogen-bond acceptors (Lipinski definition) is 9. The van der Waals surface area contributed by atoms with Crippen molar-refractivity contribution in [3.8, 4) is 28.4 Å². The second kappa shape index (κ2) is 9.81. The second-order valence-electron chi connectivity index (χ2n) is 11.4. The number of hydrogen-bond donors (Lipinski definition) is 3. The van der Waals surface area contributed by atoms with Crippen molar-refractivity contribution in [3.63, 3.8) is 0 Å². The van der Waals surface area contributed by atoms with Crippen LogP contribution in [-0.2, 0) is 32.1 Å². The molecule has 218 valence electrons. The van der Waals surface area contributed by atoms with E-state index in [9.17, 15) is 29.4 Å². The Hall–Kier alpha value is -4.96. The van der Waals surface area contributed by atoms with Crippen LogP contribution < -0.4 is 15.2 Å². The number of nitrogens with two attached hydrogens (primary N) is 1. The normalized spacial score (nSPS) is 27.1. The summed E-state index contributed by atoms with van der Waals surface area (Å²) in [4.78, 5) is 54.1. The van der Waals surface area contributed by atoms with E-state index in [0.717, 1.165) is 11.1 Å². The molecule has 1 heterocycles. The molecule has 4 N–H and O–H groups in total. The number of aliphatic hydroxyl groups is 1. The third kappa shape index (κ3) is 4.04. The van der Waals surface area contributed by atoms with E-state index in [0.29, 0.717) is 22.6 Å². The number of ether oxygens (including phenoxy) is 3. The van der Waals surface area contributed by atoms with E-state index >= 15 is 0 Å². The number of phenolic OH excluding ortho intramolecular Hbond substituents is 1. The van der Waals surface area contributed by atoms with Crippen LogP contribution in [0.5, 0.6) is 17.2 Å². The van der Waals surface area contributed by atoms with E-state index in [1.54, 1.807) is 18.2 Å². The summed E-state index contributed by atoms with van der Waals surface area (Å²) in [5.74, 6) is -7.73. The number of benzene rings is 3. The number of carbonyl (C=O) groups excluding carboxylic acids is 4. The molecule has 2 unspecified atom stereocenters. The average Bonchev–Trinajstić information content (AvgIpc) is 3.46. The highest BCUT2D eigenvalue weighted by Gasteiger charge is 2.64. The predicted molar refractivity (Wildman–Crippen MR) is 150 cm³/mol. The van der Waals surface area contributed by atoms with Crippen LogP contribution in [0, 0.1) is 23.7 Å². The summed E-state index contributed by atoms with van der Waals surface area (Å²) in [5.41, 5.74) is 5.67. The first-order valence-electron chi connectivity index (χ1n) is 14.0. The summed E-state index contributed by atoms with van der Waals surface area (Å²) in [7, 11) is 0. The quantitative estimate of drug-likeness (QED) is 0.385. The summed E-state index contributed by atoms with van der Waals surface area (Å²) >= 11 is 0. The third-order valence-corrected chi connectivity index (χ3v) is 9.01. The number of primary amides is 1. The summed E-state index contributed by atoms with van der Waals surface area (Å²) in [6, 6.07) is 17.6. The monoisotopic (exact) mass is 581 g/mol. The molecule has 7 rings (SSSR count). The van der Waals surface area contributed by atoms with Crippen LogP contribution in [0.3, 0.4) is 0 Å². The molecule has 1 fully saturated rings. The summed E-state index contributed by atoms with van der Waals surface area (Å²) in [6.45, 7) is 0.139. The van der Waals surface area contributed by atoms with Crippen molar-refractivity contribution < 1.29 is 43.6 Å². The van der Waals surface area contributed by atoms with Crippen LogP contribution in [0.2, 0.25) is 0 Å². The molecule has 0 spiro atoms. The standard InChI is InChI=1S/C33H27NO9/c34-32(39)28-25(41-14-16-4-2-1-3-5-16)13-19-10-18-11-21-20(17-6-9-23-24(12-17)43-15-42-23)7-8-22(35)27(21)29(36)26(18)30(37)33(19,40)31(28)38/h1-9,12-13,18-19,26,28,35,40H,10-11,14-15H2,(H2,34,39)/t18-,19+,26?,28?,33+/m1/s1. The molecule has 0 aromatic heterocycles. The molecule has 0 radical (unpaired) electrons. The maximum Gasteiger partial charge on any atom is 0.235 e. The van der Waals surface area contributed by atoms with Crippen molar-refractivity contribution in [1.82, 2.24) is 0 Å². The molecule has 4 aliphatic rings. The van der Waals surface area contributed by atoms with Gasteiger partial charge in [-0.25, -0.2) is 0 Å². The van der Waals surface area contributed by atoms with Crippen LogP contribution in [0.25, 0.3) is 11.1 Å². The molecule has 1 aliphatic heterocycles. The maximum atomic E-state index is 14.0. The Balaban J connectivity index is 1.28. The molecule has 3 aromatic carbocycles. The molecule has 10 heteroatoms. The first-order chi connectivity index (χ1) is 20.7. The van der Waals surface area contributed by atoms with E-state index in [4.69, 9.17) is 19.9 Å². The molecule has 0 saturated heterocycles. The van der Waals surface area contributed by atoms with Gasteiger partial charge >= 0.3 is 0 Å². The Bertz CT molecular complexity index is 1750. The van der Waals surface area contributed by atoms with Crippen molar-refractivity contribution >= 4 is 23.3 Å². The van der Waals surface area contributed by atoms with Gasteiger partial charge in [0.2, 0.25) is 12.7 Å². The summed E-state index contributed by atoms with van der Waals surface area (Å²) in [6.07, 6.45) is 1.75. The minimum absolute atomic E-state index is 0.0241. The van der Waals surface area contributed by atoms with Gasteiger partial charge in [0.1, 0.15) is 18.1 Å². The van der Waals surface area contributed by atoms with E-state index < -0.39 is 52.5 Å². The zero-order chi connectivity index (χ0) is 30.0. The Kier molecular flexibility index (Phi) is 6.14. The molecule has 43 heavy (non-hydrogen) atoms. The topological polar surface area (TPSA) is 162 Å². The highest BCUT2D eigenvalue weighted by molar-refractivity contribution is 6.26. The van der Waals surface area contributed by atoms with Gasteiger partial charge < -0.3 is 30.2 Å². The Morgan fingerprint density at radius 1 is 1.00 bits per heavy atom. The van der Waals surface area contributed by atoms with Crippen molar-refractivity contribution in [2.45, 2.75) is 25.0 Å². The van der Waals surface area contributed by atoms with Crippen molar-refractivity contribution in [2.75, 3.05) is 6.79 Å². The van der Waals surface area contributed by atoms with Gasteiger partial charge in [0, 0.05) is 5.92 Å². The van der Waals surface area contributed by atoms with Gasteiger partial charge in [-0.15, -0.1) is 0 Å². The summed E-state index contributed by atoms with van der Waals surface area (Å²) in [5, 5.41) is 22.5. The van der Waals surface area contributed by atoms with Gasteiger partial charge in [0.05, 0.1) is 11.5 Å². The number of ketones is 3. The molecule has 3 aliphatic carbocycles. The number of aromatic hydroxyl groups is 1. The van der Waals surface area contributed by atoms with E-state index in [1.165, 1.54) is 12.1 Å². The Labute approximate surface area is 245 Å². The molecule has 0 bridgehead atoms. The van der Waals surface area contributed by atoms with Gasteiger partial charge in [-0.1, -0.05) is 42.5 Å². The fourth-order valence-electron chi connectivity index (χ4n) is 6.95. The van der Waals surface area contributed by atoms with E-state index in [2.05, 4.69) is 0 Å². The molecule has 3 aromatic rings. The SMILES string of the molecule is NC(=O)C1C(=O)[C@@]2(O)C(=O)C3C(=O)c4c(O)ccc(-c5ccc6c(c5)OCO6)c4C[C@H]3C[C@H]2C=C1OCc1ccccc1. The molecule has 1 amide bonds. The Morgan fingerprint density at radius 2 is 1.77 bits per heavy atom. The lowest BCUT2D eigenvalue weighted by Crippen LogP contribution is -2.66. The van der Waals surface area contributed by atoms with E-state index in [-0.39, 0.29) is 43.3 Å². The van der Waals surface area contributed by atoms with Crippen molar-refractivity contribution in [2.24, 2.45) is 29.4 Å². The number of amides is 1. The molecule has 1 saturated carbocycles. The number of rotatable bonds is 5. The average molecular weight is 582 g/mol. The smallest absolute Gasteiger partial charge is 0.235 e. The van der Waals surface area contributed by atoms with E-state index in [1.807, 2.05) is 36.4 Å². The third-order valence-electron chi connectivity index (χ3n) is 9.01. The second-order valence-corrected chi connectivity index (χ2v) is 11.4. The van der Waals surface area contributed by atoms with Crippen LogP contribution >= 0.6 is 0 Å². The van der Waals surface area contributed by atoms with Crippen LogP contribution in [0.1, 0.15) is 27.9 Å². The number of phenols is 1. The molecular formula is C33H27NO9. The Morgan fingerprint density at radius 3 is 2.53 bits per heavy atom. The molecule has 10 nitrogen and oxygen atoms in total. The molecule has 5 atom stereocenters. The first-order valence-corrected chi connectivity index (χ1v) is 14.0. The zero-order valence-corrected chi connectivity index (χ0v) is 22.8. The molecular weight excluding hydrogens is 554 g/mol. The van der Waals surface area contributed by atoms with Gasteiger partial charge in [-0.05, 0) is 65.3 Å². The summed E-state index contributed by atoms with van der Waals surface area (Å²) < 4.78 is 16.8. The van der Waals surface area contributed by atoms with Crippen LogP contribution in [0.4, 0.5) is 0 Å². The fraction of sp³-hybridized carbons (Fsp3) is 0.273. The van der Waals surface area contributed by atoms with Gasteiger partial charge in [-0.2, -0.15) is 0 Å². The number of carbonyl (C=O) groups is 4. The lowest BCUT2D eigenvalue weighted by molar-refractivity contribution is -0.168. The van der Waals surface area contributed by atoms with Crippen LogP contribution in [-0.4, -0.2) is 45.9 Å². The fourth-order valence-corrected chi connectivity index (χ4v) is 6.95. The maximum absolute atomic E-state index is 14.0.